The Morgan fingerprint density at radius 2 is 2.24 bits per heavy atom. The summed E-state index contributed by atoms with van der Waals surface area (Å²) in [7, 11) is 0. The van der Waals surface area contributed by atoms with Crippen LogP contribution in [0.4, 0.5) is 0 Å². The SMILES string of the molecule is Cc1ccc(-c2nc(CCCN)no2)c(Cl)c1. The molecule has 0 spiro atoms. The maximum Gasteiger partial charge on any atom is 0.259 e. The van der Waals surface area contributed by atoms with Gasteiger partial charge >= 0.3 is 0 Å². The van der Waals surface area contributed by atoms with E-state index >= 15 is 0 Å². The summed E-state index contributed by atoms with van der Waals surface area (Å²) < 4.78 is 5.18. The Morgan fingerprint density at radius 1 is 1.41 bits per heavy atom. The quantitative estimate of drug-likeness (QED) is 0.907. The van der Waals surface area contributed by atoms with Gasteiger partial charge in [-0.05, 0) is 37.6 Å². The molecule has 0 aliphatic heterocycles. The molecule has 0 saturated heterocycles. The van der Waals surface area contributed by atoms with Crippen molar-refractivity contribution in [2.24, 2.45) is 5.73 Å². The highest BCUT2D eigenvalue weighted by molar-refractivity contribution is 6.33. The Hall–Kier alpha value is -1.39. The highest BCUT2D eigenvalue weighted by Crippen LogP contribution is 2.27. The predicted molar refractivity (Wildman–Crippen MR) is 66.9 cm³/mol. The van der Waals surface area contributed by atoms with Gasteiger partial charge in [0, 0.05) is 6.42 Å². The average molecular weight is 252 g/mol. The highest BCUT2D eigenvalue weighted by Gasteiger charge is 2.11. The van der Waals surface area contributed by atoms with Crippen LogP contribution in [0, 0.1) is 6.92 Å². The Morgan fingerprint density at radius 3 is 2.94 bits per heavy atom. The number of benzene rings is 1. The smallest absolute Gasteiger partial charge is 0.259 e. The fourth-order valence-corrected chi connectivity index (χ4v) is 1.83. The average Bonchev–Trinajstić information content (AvgIpc) is 2.75. The molecule has 4 nitrogen and oxygen atoms in total. The van der Waals surface area contributed by atoms with Crippen LogP contribution >= 0.6 is 11.6 Å². The van der Waals surface area contributed by atoms with Crippen LogP contribution in [-0.2, 0) is 6.42 Å². The van der Waals surface area contributed by atoms with Crippen LogP contribution in [0.1, 0.15) is 17.8 Å². The molecule has 0 fully saturated rings. The van der Waals surface area contributed by atoms with Crippen molar-refractivity contribution in [3.05, 3.63) is 34.6 Å². The predicted octanol–water partition coefficient (Wildman–Crippen LogP) is 2.59. The van der Waals surface area contributed by atoms with Crippen molar-refractivity contribution < 1.29 is 4.52 Å². The molecule has 0 aliphatic rings. The number of rotatable bonds is 4. The van der Waals surface area contributed by atoms with Crippen LogP contribution in [0.3, 0.4) is 0 Å². The molecule has 0 bridgehead atoms. The molecule has 0 atom stereocenters. The number of hydrogen-bond donors (Lipinski definition) is 1. The molecular weight excluding hydrogens is 238 g/mol. The molecule has 0 amide bonds. The van der Waals surface area contributed by atoms with Gasteiger partial charge in [-0.1, -0.05) is 22.8 Å². The van der Waals surface area contributed by atoms with E-state index in [4.69, 9.17) is 21.9 Å². The third-order valence-electron chi connectivity index (χ3n) is 2.43. The van der Waals surface area contributed by atoms with Gasteiger partial charge in [0.05, 0.1) is 10.6 Å². The molecule has 90 valence electrons. The van der Waals surface area contributed by atoms with Crippen LogP contribution in [0.25, 0.3) is 11.5 Å². The maximum atomic E-state index is 6.13. The molecule has 1 aromatic heterocycles. The molecule has 2 rings (SSSR count). The number of aromatic nitrogens is 2. The zero-order valence-electron chi connectivity index (χ0n) is 9.61. The summed E-state index contributed by atoms with van der Waals surface area (Å²) in [4.78, 5) is 4.29. The summed E-state index contributed by atoms with van der Waals surface area (Å²) >= 11 is 6.13. The minimum absolute atomic E-state index is 0.460. The molecule has 0 saturated carbocycles. The van der Waals surface area contributed by atoms with Gasteiger partial charge in [-0.25, -0.2) is 0 Å². The van der Waals surface area contributed by atoms with Crippen molar-refractivity contribution in [2.75, 3.05) is 6.54 Å². The van der Waals surface area contributed by atoms with Gasteiger partial charge in [0.1, 0.15) is 0 Å². The first-order valence-electron chi connectivity index (χ1n) is 5.50. The minimum Gasteiger partial charge on any atom is -0.334 e. The minimum atomic E-state index is 0.460. The fraction of sp³-hybridized carbons (Fsp3) is 0.333. The summed E-state index contributed by atoms with van der Waals surface area (Å²) in [6.07, 6.45) is 1.57. The number of nitrogens with zero attached hydrogens (tertiary/aromatic N) is 2. The third-order valence-corrected chi connectivity index (χ3v) is 2.74. The molecule has 2 N–H and O–H groups in total. The first-order valence-corrected chi connectivity index (χ1v) is 5.87. The van der Waals surface area contributed by atoms with Crippen molar-refractivity contribution in [1.82, 2.24) is 10.1 Å². The second-order valence-corrected chi connectivity index (χ2v) is 4.30. The Bertz CT molecular complexity index is 510. The summed E-state index contributed by atoms with van der Waals surface area (Å²) in [5.41, 5.74) is 7.29. The second-order valence-electron chi connectivity index (χ2n) is 3.89. The van der Waals surface area contributed by atoms with Gasteiger partial charge in [0.2, 0.25) is 0 Å². The monoisotopic (exact) mass is 251 g/mol. The normalized spacial score (nSPS) is 10.8. The Labute approximate surface area is 105 Å². The van der Waals surface area contributed by atoms with Gasteiger partial charge in [0.15, 0.2) is 5.82 Å². The molecule has 0 radical (unpaired) electrons. The second kappa shape index (κ2) is 5.29. The van der Waals surface area contributed by atoms with E-state index in [2.05, 4.69) is 10.1 Å². The van der Waals surface area contributed by atoms with E-state index < -0.39 is 0 Å². The molecular formula is C12H14ClN3O. The van der Waals surface area contributed by atoms with Gasteiger partial charge < -0.3 is 10.3 Å². The zero-order valence-corrected chi connectivity index (χ0v) is 10.4. The zero-order chi connectivity index (χ0) is 12.3. The summed E-state index contributed by atoms with van der Waals surface area (Å²) in [5.74, 6) is 1.13. The Balaban J connectivity index is 2.24. The lowest BCUT2D eigenvalue weighted by Gasteiger charge is -1.99. The first-order chi connectivity index (χ1) is 8.20. The third kappa shape index (κ3) is 2.84. The van der Waals surface area contributed by atoms with Crippen molar-refractivity contribution in [3.8, 4) is 11.5 Å². The first kappa shape index (κ1) is 12.1. The molecule has 0 unspecified atom stereocenters. The Kier molecular flexibility index (Phi) is 3.76. The molecule has 1 heterocycles. The highest BCUT2D eigenvalue weighted by atomic mass is 35.5. The lowest BCUT2D eigenvalue weighted by molar-refractivity contribution is 0.422. The van der Waals surface area contributed by atoms with E-state index in [1.807, 2.05) is 25.1 Å². The molecule has 5 heteroatoms. The number of nitrogens with two attached hydrogens (primary N) is 1. The van der Waals surface area contributed by atoms with E-state index in [9.17, 15) is 0 Å². The van der Waals surface area contributed by atoms with E-state index in [0.29, 0.717) is 23.3 Å². The lowest BCUT2D eigenvalue weighted by Crippen LogP contribution is -2.01. The standard InChI is InChI=1S/C12H14ClN3O/c1-8-4-5-9(10(13)7-8)12-15-11(16-17-12)3-2-6-14/h4-5,7H,2-3,6,14H2,1H3. The molecule has 2 aromatic rings. The van der Waals surface area contributed by atoms with Gasteiger partial charge in [-0.2, -0.15) is 4.98 Å². The topological polar surface area (TPSA) is 64.9 Å². The van der Waals surface area contributed by atoms with Crippen molar-refractivity contribution in [1.29, 1.82) is 0 Å². The van der Waals surface area contributed by atoms with Crippen molar-refractivity contribution >= 4 is 11.6 Å². The largest absolute Gasteiger partial charge is 0.334 e. The van der Waals surface area contributed by atoms with Gasteiger partial charge in [-0.15, -0.1) is 0 Å². The summed E-state index contributed by atoms with van der Waals surface area (Å²) in [6, 6.07) is 5.73. The van der Waals surface area contributed by atoms with E-state index in [1.54, 1.807) is 0 Å². The summed E-state index contributed by atoms with van der Waals surface area (Å²) in [6.45, 7) is 2.60. The number of halogens is 1. The lowest BCUT2D eigenvalue weighted by atomic mass is 10.1. The van der Waals surface area contributed by atoms with Crippen molar-refractivity contribution in [2.45, 2.75) is 19.8 Å². The number of hydrogen-bond acceptors (Lipinski definition) is 4. The van der Waals surface area contributed by atoms with E-state index in [0.717, 1.165) is 24.0 Å². The van der Waals surface area contributed by atoms with E-state index in [1.165, 1.54) is 0 Å². The molecule has 1 aromatic carbocycles. The fourth-order valence-electron chi connectivity index (χ4n) is 1.52. The summed E-state index contributed by atoms with van der Waals surface area (Å²) in [5, 5.41) is 4.52. The van der Waals surface area contributed by atoms with Crippen molar-refractivity contribution in [3.63, 3.8) is 0 Å². The number of aryl methyl sites for hydroxylation is 2. The molecule has 0 aliphatic carbocycles. The molecule has 17 heavy (non-hydrogen) atoms. The van der Waals surface area contributed by atoms with Crippen LogP contribution in [0.5, 0.6) is 0 Å². The maximum absolute atomic E-state index is 6.13. The van der Waals surface area contributed by atoms with Gasteiger partial charge in [0.25, 0.3) is 5.89 Å². The van der Waals surface area contributed by atoms with Gasteiger partial charge in [-0.3, -0.25) is 0 Å². The van der Waals surface area contributed by atoms with Crippen LogP contribution < -0.4 is 5.73 Å². The van der Waals surface area contributed by atoms with Crippen LogP contribution in [-0.4, -0.2) is 16.7 Å². The van der Waals surface area contributed by atoms with Crippen LogP contribution in [0.15, 0.2) is 22.7 Å². The van der Waals surface area contributed by atoms with Crippen LogP contribution in [0.2, 0.25) is 5.02 Å². The van der Waals surface area contributed by atoms with E-state index in [-0.39, 0.29) is 0 Å².